The largest absolute Gasteiger partial charge is 0.354 e. The quantitative estimate of drug-likeness (QED) is 0.787. The molecule has 0 spiro atoms. The van der Waals surface area contributed by atoms with Crippen LogP contribution in [0.15, 0.2) is 66.3 Å². The van der Waals surface area contributed by atoms with Crippen LogP contribution in [0, 0.1) is 23.7 Å². The molecule has 2 unspecified atom stereocenters. The highest BCUT2D eigenvalue weighted by Gasteiger charge is 2.49. The topological polar surface area (TPSA) is 48.5 Å². The van der Waals surface area contributed by atoms with E-state index in [2.05, 4.69) is 58.6 Å². The van der Waals surface area contributed by atoms with Gasteiger partial charge in [-0.3, -0.25) is 9.78 Å². The number of allylic oxidation sites excluding steroid dienone is 4. The Morgan fingerprint density at radius 3 is 2.97 bits per heavy atom. The van der Waals surface area contributed by atoms with Gasteiger partial charge >= 0.3 is 0 Å². The lowest BCUT2D eigenvalue weighted by Gasteiger charge is -2.51. The van der Waals surface area contributed by atoms with Crippen LogP contribution in [0.1, 0.15) is 18.4 Å². The molecule has 5 atom stereocenters. The fourth-order valence-corrected chi connectivity index (χ4v) is 5.99. The van der Waals surface area contributed by atoms with E-state index in [0.717, 1.165) is 18.7 Å². The van der Waals surface area contributed by atoms with E-state index < -0.39 is 0 Å². The molecule has 0 radical (unpaired) electrons. The number of hydrogen-bond acceptors (Lipinski definition) is 4. The molecule has 4 aliphatic rings. The number of carbonyl (C=O) groups is 1. The van der Waals surface area contributed by atoms with Crippen LogP contribution in [0.4, 0.5) is 0 Å². The average Bonchev–Trinajstić information content (AvgIpc) is 3.09. The first-order chi connectivity index (χ1) is 14.6. The van der Waals surface area contributed by atoms with Crippen molar-refractivity contribution < 1.29 is 4.79 Å². The maximum Gasteiger partial charge on any atom is 0.244 e. The molecule has 5 rings (SSSR count). The maximum absolute atomic E-state index is 12.3. The Kier molecular flexibility index (Phi) is 5.07. The molecule has 2 aliphatic heterocycles. The minimum atomic E-state index is -0.0225. The van der Waals surface area contributed by atoms with Crippen molar-refractivity contribution in [2.24, 2.45) is 23.7 Å². The van der Waals surface area contributed by atoms with Crippen molar-refractivity contribution in [1.29, 1.82) is 0 Å². The molecule has 156 valence electrons. The second-order valence-corrected chi connectivity index (χ2v) is 9.18. The van der Waals surface area contributed by atoms with E-state index in [1.807, 2.05) is 18.2 Å². The molecule has 1 aromatic heterocycles. The minimum Gasteiger partial charge on any atom is -0.354 e. The Morgan fingerprint density at radius 2 is 2.13 bits per heavy atom. The number of pyridine rings is 1. The third kappa shape index (κ3) is 3.52. The van der Waals surface area contributed by atoms with Crippen molar-refractivity contribution in [2.75, 3.05) is 27.2 Å². The van der Waals surface area contributed by atoms with Gasteiger partial charge in [0.1, 0.15) is 0 Å². The predicted molar refractivity (Wildman–Crippen MR) is 119 cm³/mol. The summed E-state index contributed by atoms with van der Waals surface area (Å²) in [7, 11) is 4.44. The van der Waals surface area contributed by atoms with Gasteiger partial charge in [-0.2, -0.15) is 0 Å². The van der Waals surface area contributed by atoms with Crippen LogP contribution < -0.4 is 5.32 Å². The monoisotopic (exact) mass is 402 g/mol. The van der Waals surface area contributed by atoms with E-state index in [-0.39, 0.29) is 5.91 Å². The van der Waals surface area contributed by atoms with Crippen LogP contribution in [0.25, 0.3) is 6.08 Å². The zero-order valence-electron chi connectivity index (χ0n) is 17.7. The number of hydrogen-bond donors (Lipinski definition) is 1. The zero-order chi connectivity index (χ0) is 20.7. The van der Waals surface area contributed by atoms with Crippen LogP contribution in [0.3, 0.4) is 0 Å². The molecular formula is C25H30N4O. The predicted octanol–water partition coefficient (Wildman–Crippen LogP) is 3.07. The number of piperidine rings is 1. The highest BCUT2D eigenvalue weighted by Crippen LogP contribution is 2.52. The Morgan fingerprint density at radius 1 is 1.30 bits per heavy atom. The summed E-state index contributed by atoms with van der Waals surface area (Å²) < 4.78 is 0. The average molecular weight is 403 g/mol. The van der Waals surface area contributed by atoms with Crippen LogP contribution >= 0.6 is 0 Å². The fraction of sp³-hybridized carbons (Fsp3) is 0.440. The lowest BCUT2D eigenvalue weighted by Crippen LogP contribution is -2.54. The third-order valence-electron chi connectivity index (χ3n) is 7.32. The van der Waals surface area contributed by atoms with Gasteiger partial charge in [-0.25, -0.2) is 0 Å². The van der Waals surface area contributed by atoms with Gasteiger partial charge in [0, 0.05) is 62.5 Å². The molecule has 1 saturated carbocycles. The summed E-state index contributed by atoms with van der Waals surface area (Å²) in [5.41, 5.74) is 4.04. The Hall–Kier alpha value is -2.66. The first-order valence-corrected chi connectivity index (χ1v) is 11.0. The SMILES string of the molecule is CN1C=C2C[C@@H]3[C@H](C[C@@H](CNC(=O)/C=C/c4ccncc4)CN3C)C3C=CC=C1C23. The van der Waals surface area contributed by atoms with Crippen LogP contribution in [0.2, 0.25) is 0 Å². The lowest BCUT2D eigenvalue weighted by molar-refractivity contribution is -0.116. The smallest absolute Gasteiger partial charge is 0.244 e. The second kappa shape index (κ2) is 7.88. The summed E-state index contributed by atoms with van der Waals surface area (Å²) in [4.78, 5) is 21.2. The molecule has 0 bridgehead atoms. The molecule has 5 heteroatoms. The number of carbonyl (C=O) groups excluding carboxylic acids is 1. The van der Waals surface area contributed by atoms with Gasteiger partial charge in [0.25, 0.3) is 0 Å². The zero-order valence-corrected chi connectivity index (χ0v) is 17.7. The number of nitrogens with one attached hydrogen (secondary N) is 1. The molecule has 1 amide bonds. The van der Waals surface area contributed by atoms with Crippen LogP contribution in [-0.4, -0.2) is 53.9 Å². The van der Waals surface area contributed by atoms with Crippen molar-refractivity contribution >= 4 is 12.0 Å². The molecule has 0 aromatic carbocycles. The molecule has 30 heavy (non-hydrogen) atoms. The highest BCUT2D eigenvalue weighted by atomic mass is 16.1. The summed E-state index contributed by atoms with van der Waals surface area (Å²) in [5, 5.41) is 3.13. The van der Waals surface area contributed by atoms with E-state index >= 15 is 0 Å². The highest BCUT2D eigenvalue weighted by molar-refractivity contribution is 5.91. The Balaban J connectivity index is 1.23. The van der Waals surface area contributed by atoms with Gasteiger partial charge in [-0.1, -0.05) is 12.2 Å². The molecule has 3 heterocycles. The molecule has 1 N–H and O–H groups in total. The van der Waals surface area contributed by atoms with Crippen molar-refractivity contribution in [3.05, 3.63) is 71.9 Å². The van der Waals surface area contributed by atoms with E-state index in [9.17, 15) is 4.79 Å². The first-order valence-electron chi connectivity index (χ1n) is 11.0. The summed E-state index contributed by atoms with van der Waals surface area (Å²) in [6.07, 6.45) is 18.6. The van der Waals surface area contributed by atoms with Crippen molar-refractivity contribution in [3.63, 3.8) is 0 Å². The van der Waals surface area contributed by atoms with Gasteiger partial charge in [-0.15, -0.1) is 0 Å². The Bertz CT molecular complexity index is 932. The van der Waals surface area contributed by atoms with E-state index in [0.29, 0.717) is 29.7 Å². The normalized spacial score (nSPS) is 32.5. The molecular weight excluding hydrogens is 372 g/mol. The Labute approximate surface area is 178 Å². The number of rotatable bonds is 4. The number of amides is 1. The number of nitrogens with zero attached hydrogens (tertiary/aromatic N) is 3. The minimum absolute atomic E-state index is 0.0225. The van der Waals surface area contributed by atoms with E-state index in [4.69, 9.17) is 0 Å². The number of aromatic nitrogens is 1. The van der Waals surface area contributed by atoms with Gasteiger partial charge in [0.15, 0.2) is 0 Å². The van der Waals surface area contributed by atoms with Crippen molar-refractivity contribution in [3.8, 4) is 0 Å². The molecule has 5 nitrogen and oxygen atoms in total. The second-order valence-electron chi connectivity index (χ2n) is 9.18. The number of likely N-dealkylation sites (tertiary alicyclic amines) is 1. The first kappa shape index (κ1) is 19.3. The summed E-state index contributed by atoms with van der Waals surface area (Å²) in [6.45, 7) is 1.78. The van der Waals surface area contributed by atoms with Gasteiger partial charge in [-0.05, 0) is 73.1 Å². The standard InChI is InChI=1S/C25H30N4O/c1-28-15-18(14-27-24(30)7-6-17-8-10-26-11-9-17)12-21-20-4-3-5-22-25(20)19(13-23(21)28)16-29(22)2/h3-11,16,18,20-21,23,25H,12-15H2,1-2H3,(H,27,30)/b7-6+/t18-,20?,21+,23+,25?/m0/s1. The lowest BCUT2D eigenvalue weighted by atomic mass is 9.61. The summed E-state index contributed by atoms with van der Waals surface area (Å²) >= 11 is 0. The third-order valence-corrected chi connectivity index (χ3v) is 7.32. The van der Waals surface area contributed by atoms with Crippen molar-refractivity contribution in [1.82, 2.24) is 20.1 Å². The molecule has 1 saturated heterocycles. The summed E-state index contributed by atoms with van der Waals surface area (Å²) in [6, 6.07) is 4.39. The van der Waals surface area contributed by atoms with Crippen LogP contribution in [-0.2, 0) is 4.79 Å². The van der Waals surface area contributed by atoms with E-state index in [1.165, 1.54) is 18.5 Å². The molecule has 1 aromatic rings. The fourth-order valence-electron chi connectivity index (χ4n) is 5.99. The molecule has 2 fully saturated rings. The van der Waals surface area contributed by atoms with Gasteiger partial charge in [0.05, 0.1) is 0 Å². The van der Waals surface area contributed by atoms with Gasteiger partial charge < -0.3 is 15.1 Å². The molecule has 2 aliphatic carbocycles. The summed E-state index contributed by atoms with van der Waals surface area (Å²) in [5.74, 6) is 2.25. The van der Waals surface area contributed by atoms with E-state index in [1.54, 1.807) is 24.0 Å². The van der Waals surface area contributed by atoms with Gasteiger partial charge in [0.2, 0.25) is 5.91 Å². The van der Waals surface area contributed by atoms with Crippen molar-refractivity contribution in [2.45, 2.75) is 18.9 Å². The number of fused-ring (bicyclic) bond motifs is 2. The van der Waals surface area contributed by atoms with Crippen LogP contribution in [0.5, 0.6) is 0 Å². The maximum atomic E-state index is 12.3.